The summed E-state index contributed by atoms with van der Waals surface area (Å²) >= 11 is 11.7. The van der Waals surface area contributed by atoms with Crippen LogP contribution in [0.25, 0.3) is 11.1 Å². The van der Waals surface area contributed by atoms with Gasteiger partial charge in [0.25, 0.3) is 0 Å². The number of nitrogens with zero attached hydrogens (tertiary/aromatic N) is 1. The summed E-state index contributed by atoms with van der Waals surface area (Å²) in [6.45, 7) is -0.279. The van der Waals surface area contributed by atoms with Gasteiger partial charge in [0.05, 0.1) is 6.61 Å². The lowest BCUT2D eigenvalue weighted by Gasteiger charge is -2.09. The monoisotopic (exact) mass is 271 g/mol. The molecule has 1 aromatic carbocycles. The second kappa shape index (κ2) is 5.00. The number of hydrogen-bond acceptors (Lipinski definition) is 2. The van der Waals surface area contributed by atoms with Crippen molar-refractivity contribution in [2.75, 3.05) is 0 Å². The Labute approximate surface area is 108 Å². The lowest BCUT2D eigenvalue weighted by Crippen LogP contribution is -1.96. The highest BCUT2D eigenvalue weighted by molar-refractivity contribution is 6.35. The number of pyridine rings is 1. The molecule has 0 saturated heterocycles. The largest absolute Gasteiger partial charge is 0.392 e. The average molecular weight is 272 g/mol. The third kappa shape index (κ3) is 2.57. The van der Waals surface area contributed by atoms with Crippen molar-refractivity contribution >= 4 is 23.2 Å². The maximum atomic E-state index is 13.7. The molecule has 0 fully saturated rings. The molecule has 1 N–H and O–H groups in total. The summed E-state index contributed by atoms with van der Waals surface area (Å²) in [6.07, 6.45) is 1.30. The molecule has 88 valence electrons. The third-order valence-corrected chi connectivity index (χ3v) is 2.75. The fourth-order valence-electron chi connectivity index (χ4n) is 1.61. The van der Waals surface area contributed by atoms with Crippen LogP contribution >= 0.6 is 23.2 Å². The molecule has 0 spiro atoms. The Morgan fingerprint density at radius 1 is 1.18 bits per heavy atom. The number of hydrogen-bond donors (Lipinski definition) is 1. The van der Waals surface area contributed by atoms with Crippen molar-refractivity contribution in [3.63, 3.8) is 0 Å². The van der Waals surface area contributed by atoms with Gasteiger partial charge in [0.2, 0.25) is 5.95 Å². The van der Waals surface area contributed by atoms with Crippen LogP contribution in [0, 0.1) is 5.95 Å². The van der Waals surface area contributed by atoms with Crippen molar-refractivity contribution < 1.29 is 9.50 Å². The van der Waals surface area contributed by atoms with Gasteiger partial charge in [0.1, 0.15) is 0 Å². The minimum atomic E-state index is -0.658. The second-order valence-corrected chi connectivity index (χ2v) is 4.32. The lowest BCUT2D eigenvalue weighted by atomic mass is 10.0. The van der Waals surface area contributed by atoms with Crippen LogP contribution in [0.1, 0.15) is 5.56 Å². The van der Waals surface area contributed by atoms with Crippen LogP contribution in [-0.4, -0.2) is 10.1 Å². The minimum absolute atomic E-state index is 0.222. The zero-order valence-corrected chi connectivity index (χ0v) is 10.1. The van der Waals surface area contributed by atoms with Crippen LogP contribution in [0.2, 0.25) is 10.0 Å². The van der Waals surface area contributed by atoms with Crippen molar-refractivity contribution in [3.05, 3.63) is 52.0 Å². The molecule has 0 aliphatic rings. The molecule has 0 unspecified atom stereocenters. The van der Waals surface area contributed by atoms with E-state index in [1.807, 2.05) is 0 Å². The summed E-state index contributed by atoms with van der Waals surface area (Å²) in [6, 6.07) is 6.26. The SMILES string of the molecule is OCc1ccnc(F)c1-c1cc(Cl)cc(Cl)c1. The van der Waals surface area contributed by atoms with Gasteiger partial charge in [-0.25, -0.2) is 4.98 Å². The van der Waals surface area contributed by atoms with E-state index < -0.39 is 5.95 Å². The van der Waals surface area contributed by atoms with Gasteiger partial charge in [-0.3, -0.25) is 0 Å². The zero-order valence-electron chi connectivity index (χ0n) is 8.62. The summed E-state index contributed by atoms with van der Waals surface area (Å²) < 4.78 is 13.7. The van der Waals surface area contributed by atoms with E-state index in [1.54, 1.807) is 24.3 Å². The number of aliphatic hydroxyl groups excluding tert-OH is 1. The molecule has 0 atom stereocenters. The van der Waals surface area contributed by atoms with Crippen LogP contribution in [0.3, 0.4) is 0 Å². The van der Waals surface area contributed by atoms with Gasteiger partial charge in [0.15, 0.2) is 0 Å². The predicted molar refractivity (Wildman–Crippen MR) is 65.6 cm³/mol. The summed E-state index contributed by atoms with van der Waals surface area (Å²) in [5, 5.41) is 9.99. The van der Waals surface area contributed by atoms with Crippen molar-refractivity contribution in [1.82, 2.24) is 4.98 Å². The Morgan fingerprint density at radius 3 is 2.41 bits per heavy atom. The van der Waals surface area contributed by atoms with Crippen LogP contribution in [0.5, 0.6) is 0 Å². The average Bonchev–Trinajstić information content (AvgIpc) is 2.27. The summed E-state index contributed by atoms with van der Waals surface area (Å²) in [4.78, 5) is 3.56. The minimum Gasteiger partial charge on any atom is -0.392 e. The van der Waals surface area contributed by atoms with Gasteiger partial charge in [-0.1, -0.05) is 23.2 Å². The van der Waals surface area contributed by atoms with E-state index in [1.165, 1.54) is 6.20 Å². The molecule has 17 heavy (non-hydrogen) atoms. The molecule has 2 nitrogen and oxygen atoms in total. The molecule has 2 aromatic rings. The third-order valence-electron chi connectivity index (χ3n) is 2.31. The molecule has 0 bridgehead atoms. The Kier molecular flexibility index (Phi) is 3.62. The van der Waals surface area contributed by atoms with E-state index in [-0.39, 0.29) is 12.2 Å². The van der Waals surface area contributed by atoms with Crippen LogP contribution in [0.15, 0.2) is 30.5 Å². The maximum absolute atomic E-state index is 13.7. The normalized spacial score (nSPS) is 10.6. The van der Waals surface area contributed by atoms with Crippen molar-refractivity contribution in [1.29, 1.82) is 0 Å². The molecular formula is C12H8Cl2FNO. The highest BCUT2D eigenvalue weighted by Gasteiger charge is 2.12. The highest BCUT2D eigenvalue weighted by atomic mass is 35.5. The molecule has 0 aliphatic heterocycles. The highest BCUT2D eigenvalue weighted by Crippen LogP contribution is 2.30. The van der Waals surface area contributed by atoms with E-state index >= 15 is 0 Å². The maximum Gasteiger partial charge on any atom is 0.221 e. The Morgan fingerprint density at radius 2 is 1.82 bits per heavy atom. The van der Waals surface area contributed by atoms with Gasteiger partial charge >= 0.3 is 0 Å². The molecule has 1 heterocycles. The first-order chi connectivity index (χ1) is 8.11. The summed E-state index contributed by atoms with van der Waals surface area (Å²) in [5.74, 6) is -0.658. The van der Waals surface area contributed by atoms with E-state index in [0.29, 0.717) is 21.2 Å². The molecule has 5 heteroatoms. The topological polar surface area (TPSA) is 33.1 Å². The van der Waals surface area contributed by atoms with E-state index in [0.717, 1.165) is 0 Å². The molecule has 0 aliphatic carbocycles. The molecule has 0 radical (unpaired) electrons. The number of halogens is 3. The molecule has 2 rings (SSSR count). The molecule has 0 amide bonds. The quantitative estimate of drug-likeness (QED) is 0.846. The molecule has 0 saturated carbocycles. The lowest BCUT2D eigenvalue weighted by molar-refractivity contribution is 0.281. The summed E-state index contributed by atoms with van der Waals surface area (Å²) in [5.41, 5.74) is 1.16. The van der Waals surface area contributed by atoms with E-state index in [2.05, 4.69) is 4.98 Å². The fraction of sp³-hybridized carbons (Fsp3) is 0.0833. The standard InChI is InChI=1S/C12H8Cl2FNO/c13-9-3-8(4-10(14)5-9)11-7(6-17)1-2-16-12(11)15/h1-5,17H,6H2. The summed E-state index contributed by atoms with van der Waals surface area (Å²) in [7, 11) is 0. The van der Waals surface area contributed by atoms with Crippen molar-refractivity contribution in [3.8, 4) is 11.1 Å². The smallest absolute Gasteiger partial charge is 0.221 e. The van der Waals surface area contributed by atoms with Crippen molar-refractivity contribution in [2.24, 2.45) is 0 Å². The van der Waals surface area contributed by atoms with Gasteiger partial charge in [0, 0.05) is 21.8 Å². The van der Waals surface area contributed by atoms with Gasteiger partial charge in [-0.2, -0.15) is 4.39 Å². The first kappa shape index (κ1) is 12.3. The number of aromatic nitrogens is 1. The number of aliphatic hydroxyl groups is 1. The van der Waals surface area contributed by atoms with Gasteiger partial charge in [-0.15, -0.1) is 0 Å². The van der Waals surface area contributed by atoms with E-state index in [4.69, 9.17) is 23.2 Å². The zero-order chi connectivity index (χ0) is 12.4. The second-order valence-electron chi connectivity index (χ2n) is 3.45. The number of benzene rings is 1. The Bertz CT molecular complexity index is 540. The predicted octanol–water partition coefficient (Wildman–Crippen LogP) is 3.69. The first-order valence-corrected chi connectivity index (χ1v) is 5.58. The Hall–Kier alpha value is -1.16. The van der Waals surface area contributed by atoms with E-state index in [9.17, 15) is 9.50 Å². The first-order valence-electron chi connectivity index (χ1n) is 4.82. The fourth-order valence-corrected chi connectivity index (χ4v) is 2.13. The van der Waals surface area contributed by atoms with Gasteiger partial charge < -0.3 is 5.11 Å². The van der Waals surface area contributed by atoms with Crippen LogP contribution in [0.4, 0.5) is 4.39 Å². The van der Waals surface area contributed by atoms with Gasteiger partial charge in [-0.05, 0) is 35.4 Å². The number of rotatable bonds is 2. The molecule has 1 aromatic heterocycles. The Balaban J connectivity index is 2.67. The van der Waals surface area contributed by atoms with Crippen LogP contribution < -0.4 is 0 Å². The van der Waals surface area contributed by atoms with Crippen LogP contribution in [-0.2, 0) is 6.61 Å². The molecular weight excluding hydrogens is 264 g/mol. The van der Waals surface area contributed by atoms with Crippen molar-refractivity contribution in [2.45, 2.75) is 6.61 Å².